The van der Waals surface area contributed by atoms with Gasteiger partial charge in [0.05, 0.1) is 16.1 Å². The molecule has 0 aromatic heterocycles. The molecular formula is C19H20ClNO. The minimum Gasteiger partial charge on any atom is -0.324 e. The average Bonchev–Trinajstić information content (AvgIpc) is 3.02. The van der Waals surface area contributed by atoms with E-state index in [-0.39, 0.29) is 5.91 Å². The highest BCUT2D eigenvalue weighted by Gasteiger charge is 2.42. The fourth-order valence-electron chi connectivity index (χ4n) is 3.35. The molecule has 2 aromatic carbocycles. The summed E-state index contributed by atoms with van der Waals surface area (Å²) in [7, 11) is 0. The number of hydrogen-bond donors (Lipinski definition) is 1. The summed E-state index contributed by atoms with van der Waals surface area (Å²) in [5.41, 5.74) is 2.46. The van der Waals surface area contributed by atoms with Crippen molar-refractivity contribution in [3.05, 3.63) is 64.7 Å². The van der Waals surface area contributed by atoms with Crippen molar-refractivity contribution in [3.63, 3.8) is 0 Å². The Kier molecular flexibility index (Phi) is 4.21. The number of hydrogen-bond acceptors (Lipinski definition) is 1. The van der Waals surface area contributed by atoms with Gasteiger partial charge in [0.1, 0.15) is 0 Å². The van der Waals surface area contributed by atoms with Crippen molar-refractivity contribution in [3.8, 4) is 0 Å². The van der Waals surface area contributed by atoms with Gasteiger partial charge in [0, 0.05) is 0 Å². The van der Waals surface area contributed by atoms with E-state index in [0.29, 0.717) is 10.7 Å². The summed E-state index contributed by atoms with van der Waals surface area (Å²) < 4.78 is 0. The second-order valence-corrected chi connectivity index (χ2v) is 6.50. The molecule has 0 aliphatic heterocycles. The van der Waals surface area contributed by atoms with Gasteiger partial charge in [-0.1, -0.05) is 60.8 Å². The number of carbonyl (C=O) groups is 1. The van der Waals surface area contributed by atoms with E-state index in [0.717, 1.165) is 36.8 Å². The quantitative estimate of drug-likeness (QED) is 0.839. The van der Waals surface area contributed by atoms with E-state index in [1.54, 1.807) is 0 Å². The van der Waals surface area contributed by atoms with Crippen LogP contribution in [0.3, 0.4) is 0 Å². The lowest BCUT2D eigenvalue weighted by atomic mass is 9.78. The van der Waals surface area contributed by atoms with Gasteiger partial charge in [-0.15, -0.1) is 0 Å². The van der Waals surface area contributed by atoms with Crippen LogP contribution in [0.4, 0.5) is 5.69 Å². The van der Waals surface area contributed by atoms with Crippen LogP contribution in [-0.4, -0.2) is 5.91 Å². The molecule has 2 aromatic rings. The third kappa shape index (κ3) is 2.76. The molecule has 0 unspecified atom stereocenters. The number of carbonyl (C=O) groups excluding carboxylic acids is 1. The standard InChI is InChI=1S/C19H20ClNO/c1-14-9-10-17(16(20)13-14)21-18(22)19(11-5-6-12-19)15-7-3-2-4-8-15/h2-4,7-10,13H,5-6,11-12H2,1H3,(H,21,22). The molecule has 1 aliphatic rings. The molecule has 1 N–H and O–H groups in total. The number of rotatable bonds is 3. The molecule has 114 valence electrons. The van der Waals surface area contributed by atoms with Gasteiger partial charge in [-0.2, -0.15) is 0 Å². The first-order valence-corrected chi connectivity index (χ1v) is 8.13. The third-order valence-corrected chi connectivity index (χ3v) is 4.90. The van der Waals surface area contributed by atoms with Gasteiger partial charge in [-0.3, -0.25) is 4.79 Å². The Morgan fingerprint density at radius 2 is 1.77 bits per heavy atom. The number of halogens is 1. The highest BCUT2D eigenvalue weighted by atomic mass is 35.5. The van der Waals surface area contributed by atoms with E-state index in [9.17, 15) is 4.79 Å². The van der Waals surface area contributed by atoms with E-state index < -0.39 is 5.41 Å². The molecule has 3 rings (SSSR count). The van der Waals surface area contributed by atoms with Crippen molar-refractivity contribution in [2.45, 2.75) is 38.0 Å². The van der Waals surface area contributed by atoms with Crippen LogP contribution in [0.5, 0.6) is 0 Å². The van der Waals surface area contributed by atoms with E-state index >= 15 is 0 Å². The summed E-state index contributed by atoms with van der Waals surface area (Å²) in [4.78, 5) is 13.0. The van der Waals surface area contributed by atoms with Crippen molar-refractivity contribution in [1.82, 2.24) is 0 Å². The van der Waals surface area contributed by atoms with E-state index in [1.165, 1.54) is 0 Å². The molecule has 1 aliphatic carbocycles. The zero-order chi connectivity index (χ0) is 15.6. The van der Waals surface area contributed by atoms with Crippen LogP contribution < -0.4 is 5.32 Å². The number of nitrogens with one attached hydrogen (secondary N) is 1. The molecule has 3 heteroatoms. The van der Waals surface area contributed by atoms with Crippen molar-refractivity contribution in [2.24, 2.45) is 0 Å². The SMILES string of the molecule is Cc1ccc(NC(=O)C2(c3ccccc3)CCCC2)c(Cl)c1. The van der Waals surface area contributed by atoms with Gasteiger partial charge in [0.2, 0.25) is 5.91 Å². The molecule has 2 nitrogen and oxygen atoms in total. The van der Waals surface area contributed by atoms with Crippen LogP contribution in [0.25, 0.3) is 0 Å². The Morgan fingerprint density at radius 1 is 1.09 bits per heavy atom. The van der Waals surface area contributed by atoms with Crippen LogP contribution in [0.1, 0.15) is 36.8 Å². The molecule has 0 spiro atoms. The molecule has 1 fully saturated rings. The van der Waals surface area contributed by atoms with Crippen molar-refractivity contribution in [1.29, 1.82) is 0 Å². The summed E-state index contributed by atoms with van der Waals surface area (Å²) in [6, 6.07) is 15.8. The van der Waals surface area contributed by atoms with Crippen LogP contribution >= 0.6 is 11.6 Å². The van der Waals surface area contributed by atoms with Gasteiger partial charge in [-0.05, 0) is 43.0 Å². The fourth-order valence-corrected chi connectivity index (χ4v) is 3.63. The lowest BCUT2D eigenvalue weighted by Crippen LogP contribution is -2.38. The van der Waals surface area contributed by atoms with Crippen molar-refractivity contribution >= 4 is 23.2 Å². The summed E-state index contributed by atoms with van der Waals surface area (Å²) in [6.45, 7) is 1.99. The van der Waals surface area contributed by atoms with Crippen molar-refractivity contribution in [2.75, 3.05) is 5.32 Å². The first-order chi connectivity index (χ1) is 10.6. The maximum absolute atomic E-state index is 13.0. The van der Waals surface area contributed by atoms with Crippen LogP contribution in [0.2, 0.25) is 5.02 Å². The Morgan fingerprint density at radius 3 is 2.41 bits per heavy atom. The lowest BCUT2D eigenvalue weighted by molar-refractivity contribution is -0.121. The maximum atomic E-state index is 13.0. The van der Waals surface area contributed by atoms with Gasteiger partial charge in [0.15, 0.2) is 0 Å². The molecule has 1 amide bonds. The molecule has 0 atom stereocenters. The number of anilines is 1. The van der Waals surface area contributed by atoms with Crippen LogP contribution in [0, 0.1) is 6.92 Å². The predicted octanol–water partition coefficient (Wildman–Crippen LogP) is 5.10. The smallest absolute Gasteiger partial charge is 0.235 e. The largest absolute Gasteiger partial charge is 0.324 e. The maximum Gasteiger partial charge on any atom is 0.235 e. The molecule has 0 saturated heterocycles. The zero-order valence-corrected chi connectivity index (χ0v) is 13.5. The summed E-state index contributed by atoms with van der Waals surface area (Å²) in [6.07, 6.45) is 3.96. The monoisotopic (exact) mass is 313 g/mol. The minimum atomic E-state index is -0.421. The van der Waals surface area contributed by atoms with Crippen LogP contribution in [0.15, 0.2) is 48.5 Å². The topological polar surface area (TPSA) is 29.1 Å². The van der Waals surface area contributed by atoms with E-state index in [4.69, 9.17) is 11.6 Å². The fraction of sp³-hybridized carbons (Fsp3) is 0.316. The summed E-state index contributed by atoms with van der Waals surface area (Å²) >= 11 is 6.26. The second-order valence-electron chi connectivity index (χ2n) is 6.09. The molecule has 22 heavy (non-hydrogen) atoms. The first-order valence-electron chi connectivity index (χ1n) is 7.75. The number of amides is 1. The van der Waals surface area contributed by atoms with E-state index in [1.807, 2.05) is 43.3 Å². The van der Waals surface area contributed by atoms with Gasteiger partial charge >= 0.3 is 0 Å². The van der Waals surface area contributed by atoms with Gasteiger partial charge in [-0.25, -0.2) is 0 Å². The molecule has 0 radical (unpaired) electrons. The molecule has 1 saturated carbocycles. The van der Waals surface area contributed by atoms with Crippen molar-refractivity contribution < 1.29 is 4.79 Å². The summed E-state index contributed by atoms with van der Waals surface area (Å²) in [5, 5.41) is 3.64. The van der Waals surface area contributed by atoms with Gasteiger partial charge < -0.3 is 5.32 Å². The van der Waals surface area contributed by atoms with Gasteiger partial charge in [0.25, 0.3) is 0 Å². The lowest BCUT2D eigenvalue weighted by Gasteiger charge is -2.28. The van der Waals surface area contributed by atoms with Crippen LogP contribution in [-0.2, 0) is 10.2 Å². The molecular weight excluding hydrogens is 294 g/mol. The first kappa shape index (κ1) is 15.1. The van der Waals surface area contributed by atoms with E-state index in [2.05, 4.69) is 17.4 Å². The summed E-state index contributed by atoms with van der Waals surface area (Å²) in [5.74, 6) is 0.0574. The Bertz CT molecular complexity index is 675. The molecule has 0 bridgehead atoms. The minimum absolute atomic E-state index is 0.0574. The Hall–Kier alpha value is -1.80. The average molecular weight is 314 g/mol. The number of aryl methyl sites for hydroxylation is 1. The Labute approximate surface area is 136 Å². The highest BCUT2D eigenvalue weighted by molar-refractivity contribution is 6.33. The highest BCUT2D eigenvalue weighted by Crippen LogP contribution is 2.42. The Balaban J connectivity index is 1.91. The predicted molar refractivity (Wildman–Crippen MR) is 91.4 cm³/mol. The second kappa shape index (κ2) is 6.13. The third-order valence-electron chi connectivity index (χ3n) is 4.59. The zero-order valence-electron chi connectivity index (χ0n) is 12.7. The normalized spacial score (nSPS) is 16.5. The number of benzene rings is 2. The molecule has 0 heterocycles.